The van der Waals surface area contributed by atoms with E-state index in [4.69, 9.17) is 10.5 Å². The Morgan fingerprint density at radius 2 is 2.14 bits per heavy atom. The van der Waals surface area contributed by atoms with Crippen LogP contribution in [0.25, 0.3) is 5.57 Å². The molecule has 0 saturated carbocycles. The number of hydrogen-bond donors (Lipinski definition) is 1. The van der Waals surface area contributed by atoms with E-state index >= 15 is 0 Å². The van der Waals surface area contributed by atoms with Gasteiger partial charge in [0.05, 0.1) is 0 Å². The third kappa shape index (κ3) is 3.45. The lowest BCUT2D eigenvalue weighted by Crippen LogP contribution is -2.04. The quantitative estimate of drug-likeness (QED) is 0.527. The van der Waals surface area contributed by atoms with Gasteiger partial charge in [0.2, 0.25) is 0 Å². The Balaban J connectivity index is 2.37. The number of rotatable bonds is 4. The lowest BCUT2D eigenvalue weighted by molar-refractivity contribution is -0.139. The van der Waals surface area contributed by atoms with Crippen molar-refractivity contribution in [3.8, 4) is 0 Å². The Morgan fingerprint density at radius 3 is 2.77 bits per heavy atom. The molecule has 22 heavy (non-hydrogen) atoms. The first kappa shape index (κ1) is 16.0. The van der Waals surface area contributed by atoms with Crippen LogP contribution >= 0.6 is 0 Å². The topological polar surface area (TPSA) is 64.7 Å². The molecule has 1 heterocycles. The SMILES string of the molecule is CN=C/C(=C\N)c1ccccc1C1C/C(=C\C(C)C)C(=O)O1. The Labute approximate surface area is 131 Å². The molecule has 0 amide bonds. The third-order valence-corrected chi connectivity index (χ3v) is 3.52. The second kappa shape index (κ2) is 7.07. The fourth-order valence-electron chi connectivity index (χ4n) is 2.62. The molecule has 0 aliphatic carbocycles. The number of carbonyl (C=O) groups is 1. The van der Waals surface area contributed by atoms with Gasteiger partial charge in [-0.1, -0.05) is 44.2 Å². The summed E-state index contributed by atoms with van der Waals surface area (Å²) in [6.45, 7) is 4.10. The number of carbonyl (C=O) groups excluding carboxylic acids is 1. The van der Waals surface area contributed by atoms with E-state index in [-0.39, 0.29) is 12.1 Å². The molecular formula is C18H22N2O2. The van der Waals surface area contributed by atoms with E-state index in [0.717, 1.165) is 22.3 Å². The van der Waals surface area contributed by atoms with Crippen molar-refractivity contribution in [2.45, 2.75) is 26.4 Å². The maximum atomic E-state index is 12.0. The summed E-state index contributed by atoms with van der Waals surface area (Å²) in [5.41, 5.74) is 9.17. The summed E-state index contributed by atoms with van der Waals surface area (Å²) < 4.78 is 5.55. The van der Waals surface area contributed by atoms with Gasteiger partial charge in [0, 0.05) is 42.6 Å². The average molecular weight is 298 g/mol. The van der Waals surface area contributed by atoms with Gasteiger partial charge < -0.3 is 10.5 Å². The fourth-order valence-corrected chi connectivity index (χ4v) is 2.62. The largest absolute Gasteiger partial charge is 0.454 e. The van der Waals surface area contributed by atoms with Crippen LogP contribution in [0.5, 0.6) is 0 Å². The van der Waals surface area contributed by atoms with Crippen molar-refractivity contribution in [2.75, 3.05) is 7.05 Å². The van der Waals surface area contributed by atoms with Crippen LogP contribution in [0.3, 0.4) is 0 Å². The molecule has 0 spiro atoms. The Kier molecular flexibility index (Phi) is 5.15. The Hall–Kier alpha value is -2.36. The molecule has 0 aromatic heterocycles. The van der Waals surface area contributed by atoms with E-state index in [0.29, 0.717) is 12.3 Å². The highest BCUT2D eigenvalue weighted by molar-refractivity contribution is 6.10. The van der Waals surface area contributed by atoms with Gasteiger partial charge in [-0.25, -0.2) is 4.79 Å². The smallest absolute Gasteiger partial charge is 0.334 e. The van der Waals surface area contributed by atoms with Gasteiger partial charge in [-0.15, -0.1) is 0 Å². The molecule has 2 rings (SSSR count). The third-order valence-electron chi connectivity index (χ3n) is 3.52. The molecule has 0 bridgehead atoms. The molecule has 1 aromatic rings. The number of esters is 1. The normalized spacial score (nSPS) is 21.1. The molecule has 2 N–H and O–H groups in total. The van der Waals surface area contributed by atoms with Crippen molar-refractivity contribution in [2.24, 2.45) is 16.6 Å². The van der Waals surface area contributed by atoms with E-state index < -0.39 is 0 Å². The zero-order chi connectivity index (χ0) is 16.1. The monoisotopic (exact) mass is 298 g/mol. The summed E-state index contributed by atoms with van der Waals surface area (Å²) in [4.78, 5) is 16.0. The van der Waals surface area contributed by atoms with Crippen LogP contribution in [0.15, 0.2) is 47.1 Å². The number of ether oxygens (including phenoxy) is 1. The summed E-state index contributed by atoms with van der Waals surface area (Å²) in [7, 11) is 1.70. The predicted molar refractivity (Wildman–Crippen MR) is 89.4 cm³/mol. The lowest BCUT2D eigenvalue weighted by atomic mass is 9.94. The minimum atomic E-state index is -0.270. The summed E-state index contributed by atoms with van der Waals surface area (Å²) in [6, 6.07) is 7.81. The van der Waals surface area contributed by atoms with E-state index in [2.05, 4.69) is 18.8 Å². The zero-order valence-electron chi connectivity index (χ0n) is 13.2. The van der Waals surface area contributed by atoms with Gasteiger partial charge >= 0.3 is 5.97 Å². The first-order valence-electron chi connectivity index (χ1n) is 7.41. The molecule has 1 aliphatic rings. The minimum Gasteiger partial charge on any atom is -0.454 e. The summed E-state index contributed by atoms with van der Waals surface area (Å²) >= 11 is 0. The number of cyclic esters (lactones) is 1. The van der Waals surface area contributed by atoms with E-state index in [9.17, 15) is 4.79 Å². The first-order chi connectivity index (χ1) is 10.6. The van der Waals surface area contributed by atoms with Gasteiger partial charge in [-0.3, -0.25) is 4.99 Å². The van der Waals surface area contributed by atoms with Crippen molar-refractivity contribution in [3.63, 3.8) is 0 Å². The highest BCUT2D eigenvalue weighted by Crippen LogP contribution is 2.36. The van der Waals surface area contributed by atoms with Crippen LogP contribution < -0.4 is 5.73 Å². The van der Waals surface area contributed by atoms with E-state index in [1.165, 1.54) is 6.20 Å². The number of nitrogens with two attached hydrogens (primary N) is 1. The van der Waals surface area contributed by atoms with Crippen LogP contribution in [0.2, 0.25) is 0 Å². The van der Waals surface area contributed by atoms with E-state index in [1.54, 1.807) is 13.3 Å². The molecular weight excluding hydrogens is 276 g/mol. The van der Waals surface area contributed by atoms with Crippen LogP contribution in [0.1, 0.15) is 37.5 Å². The standard InChI is InChI=1S/C18H22N2O2/c1-12(2)8-13-9-17(22-18(13)21)16-7-5-4-6-15(16)14(10-19)11-20-3/h4-8,10-12,17H,9,19H2,1-3H3/b13-8+,14-10+,20-11?. The number of nitrogens with zero attached hydrogens (tertiary/aromatic N) is 1. The average Bonchev–Trinajstić information content (AvgIpc) is 2.85. The zero-order valence-corrected chi connectivity index (χ0v) is 13.2. The molecule has 4 heteroatoms. The predicted octanol–water partition coefficient (Wildman–Crippen LogP) is 3.26. The molecule has 4 nitrogen and oxygen atoms in total. The maximum Gasteiger partial charge on any atom is 0.334 e. The van der Waals surface area contributed by atoms with Crippen molar-refractivity contribution < 1.29 is 9.53 Å². The second-order valence-electron chi connectivity index (χ2n) is 5.63. The molecule has 1 fully saturated rings. The van der Waals surface area contributed by atoms with Gasteiger partial charge in [0.1, 0.15) is 6.10 Å². The van der Waals surface area contributed by atoms with Gasteiger partial charge in [-0.2, -0.15) is 0 Å². The molecule has 116 valence electrons. The van der Waals surface area contributed by atoms with Crippen LogP contribution in [-0.4, -0.2) is 19.2 Å². The molecule has 1 atom stereocenters. The molecule has 0 radical (unpaired) electrons. The number of hydrogen-bond acceptors (Lipinski definition) is 4. The first-order valence-corrected chi connectivity index (χ1v) is 7.41. The highest BCUT2D eigenvalue weighted by atomic mass is 16.5. The lowest BCUT2D eigenvalue weighted by Gasteiger charge is -2.14. The van der Waals surface area contributed by atoms with Gasteiger partial charge in [0.15, 0.2) is 0 Å². The minimum absolute atomic E-state index is 0.226. The Bertz CT molecular complexity index is 642. The van der Waals surface area contributed by atoms with Gasteiger partial charge in [0.25, 0.3) is 0 Å². The van der Waals surface area contributed by atoms with Crippen molar-refractivity contribution in [1.29, 1.82) is 0 Å². The summed E-state index contributed by atoms with van der Waals surface area (Å²) in [6.07, 6.45) is 5.52. The van der Waals surface area contributed by atoms with E-state index in [1.807, 2.05) is 30.3 Å². The number of aliphatic imine (C=N–C) groups is 1. The Morgan fingerprint density at radius 1 is 1.41 bits per heavy atom. The van der Waals surface area contributed by atoms with Crippen molar-refractivity contribution in [3.05, 3.63) is 53.2 Å². The summed E-state index contributed by atoms with van der Waals surface area (Å²) in [5.74, 6) is 0.0965. The van der Waals surface area contributed by atoms with Crippen LogP contribution in [0, 0.1) is 5.92 Å². The van der Waals surface area contributed by atoms with Crippen molar-refractivity contribution in [1.82, 2.24) is 0 Å². The number of allylic oxidation sites excluding steroid dienone is 2. The van der Waals surface area contributed by atoms with Crippen LogP contribution in [0.4, 0.5) is 0 Å². The van der Waals surface area contributed by atoms with Gasteiger partial charge in [-0.05, 0) is 11.5 Å². The molecule has 1 unspecified atom stereocenters. The fraction of sp³-hybridized carbons (Fsp3) is 0.333. The maximum absolute atomic E-state index is 12.0. The number of benzene rings is 1. The van der Waals surface area contributed by atoms with Crippen molar-refractivity contribution >= 4 is 17.8 Å². The molecule has 1 aliphatic heterocycles. The molecule has 1 aromatic carbocycles. The summed E-state index contributed by atoms with van der Waals surface area (Å²) in [5, 5.41) is 0. The molecule has 1 saturated heterocycles. The van der Waals surface area contributed by atoms with Crippen LogP contribution in [-0.2, 0) is 9.53 Å². The second-order valence-corrected chi connectivity index (χ2v) is 5.63. The highest BCUT2D eigenvalue weighted by Gasteiger charge is 2.31.